The van der Waals surface area contributed by atoms with E-state index in [4.69, 9.17) is 4.74 Å². The Hall–Kier alpha value is -1.49. The van der Waals surface area contributed by atoms with Crippen molar-refractivity contribution in [3.63, 3.8) is 0 Å². The maximum Gasteiger partial charge on any atom is 0.119 e. The fraction of sp³-hybridized carbons (Fsp3) is 0.294. The lowest BCUT2D eigenvalue weighted by Gasteiger charge is -2.13. The van der Waals surface area contributed by atoms with Crippen LogP contribution in [0.2, 0.25) is 0 Å². The number of aliphatic hydroxyl groups excluding tert-OH is 1. The zero-order chi connectivity index (χ0) is 14.8. The first-order chi connectivity index (χ1) is 10.3. The molecule has 0 saturated heterocycles. The van der Waals surface area contributed by atoms with Gasteiger partial charge in [0.2, 0.25) is 0 Å². The standard InChI is InChI=1S/C17H21NO2S/c19-15(14-20-16-7-3-1-4-8-16)13-18-11-12-21-17-9-5-2-6-10-17/h1-10,15,18-19H,11-14H2. The molecular formula is C17H21NO2S. The van der Waals surface area contributed by atoms with Crippen molar-refractivity contribution in [1.82, 2.24) is 5.32 Å². The number of hydrogen-bond acceptors (Lipinski definition) is 4. The number of hydrogen-bond donors (Lipinski definition) is 2. The molecule has 0 aliphatic carbocycles. The van der Waals surface area contributed by atoms with Gasteiger partial charge in [-0.1, -0.05) is 36.4 Å². The molecule has 3 nitrogen and oxygen atoms in total. The van der Waals surface area contributed by atoms with Crippen molar-refractivity contribution in [2.75, 3.05) is 25.4 Å². The predicted molar refractivity (Wildman–Crippen MR) is 88.0 cm³/mol. The lowest BCUT2D eigenvalue weighted by molar-refractivity contribution is 0.107. The molecule has 0 spiro atoms. The first-order valence-electron chi connectivity index (χ1n) is 7.09. The number of rotatable bonds is 9. The lowest BCUT2D eigenvalue weighted by Crippen LogP contribution is -2.32. The molecule has 2 rings (SSSR count). The van der Waals surface area contributed by atoms with Crippen LogP contribution < -0.4 is 10.1 Å². The van der Waals surface area contributed by atoms with Crippen molar-refractivity contribution in [2.24, 2.45) is 0 Å². The van der Waals surface area contributed by atoms with Gasteiger partial charge in [-0.15, -0.1) is 11.8 Å². The summed E-state index contributed by atoms with van der Waals surface area (Å²) in [6.45, 7) is 1.72. The number of benzene rings is 2. The Labute approximate surface area is 130 Å². The minimum Gasteiger partial charge on any atom is -0.491 e. The van der Waals surface area contributed by atoms with Gasteiger partial charge in [0.25, 0.3) is 0 Å². The van der Waals surface area contributed by atoms with Gasteiger partial charge in [-0.2, -0.15) is 0 Å². The molecular weight excluding hydrogens is 282 g/mol. The molecule has 0 fully saturated rings. The van der Waals surface area contributed by atoms with Crippen molar-refractivity contribution in [1.29, 1.82) is 0 Å². The molecule has 2 aromatic rings. The van der Waals surface area contributed by atoms with Crippen LogP contribution in [0.5, 0.6) is 5.75 Å². The minimum atomic E-state index is -0.494. The highest BCUT2D eigenvalue weighted by molar-refractivity contribution is 7.99. The molecule has 0 heterocycles. The van der Waals surface area contributed by atoms with E-state index in [-0.39, 0.29) is 0 Å². The van der Waals surface area contributed by atoms with Gasteiger partial charge in [0, 0.05) is 23.7 Å². The SMILES string of the molecule is OC(CNCCSc1ccccc1)COc1ccccc1. The first kappa shape index (κ1) is 15.9. The number of para-hydroxylation sites is 1. The van der Waals surface area contributed by atoms with Crippen molar-refractivity contribution < 1.29 is 9.84 Å². The average Bonchev–Trinajstić information content (AvgIpc) is 2.54. The summed E-state index contributed by atoms with van der Waals surface area (Å²) in [4.78, 5) is 1.27. The molecule has 112 valence electrons. The maximum atomic E-state index is 9.83. The highest BCUT2D eigenvalue weighted by Crippen LogP contribution is 2.15. The Morgan fingerprint density at radius 2 is 1.67 bits per heavy atom. The van der Waals surface area contributed by atoms with Gasteiger partial charge < -0.3 is 15.2 Å². The fourth-order valence-corrected chi connectivity index (χ4v) is 2.63. The van der Waals surface area contributed by atoms with E-state index >= 15 is 0 Å². The summed E-state index contributed by atoms with van der Waals surface area (Å²) < 4.78 is 5.50. The Balaban J connectivity index is 1.52. The third-order valence-electron chi connectivity index (χ3n) is 2.86. The normalized spacial score (nSPS) is 12.0. The van der Waals surface area contributed by atoms with Crippen LogP contribution in [0.3, 0.4) is 0 Å². The highest BCUT2D eigenvalue weighted by atomic mass is 32.2. The summed E-state index contributed by atoms with van der Waals surface area (Å²) in [5.41, 5.74) is 0. The van der Waals surface area contributed by atoms with Gasteiger partial charge in [-0.05, 0) is 24.3 Å². The Morgan fingerprint density at radius 3 is 2.38 bits per heavy atom. The van der Waals surface area contributed by atoms with Crippen molar-refractivity contribution >= 4 is 11.8 Å². The number of nitrogens with one attached hydrogen (secondary N) is 1. The largest absolute Gasteiger partial charge is 0.491 e. The molecule has 4 heteroatoms. The van der Waals surface area contributed by atoms with Crippen LogP contribution in [0.25, 0.3) is 0 Å². The smallest absolute Gasteiger partial charge is 0.119 e. The zero-order valence-electron chi connectivity index (χ0n) is 11.9. The summed E-state index contributed by atoms with van der Waals surface area (Å²) >= 11 is 1.81. The highest BCUT2D eigenvalue weighted by Gasteiger charge is 2.04. The Kier molecular flexibility index (Phi) is 7.15. The van der Waals surface area contributed by atoms with E-state index in [0.29, 0.717) is 13.2 Å². The van der Waals surface area contributed by atoms with Crippen LogP contribution in [0.15, 0.2) is 65.6 Å². The summed E-state index contributed by atoms with van der Waals surface area (Å²) in [5, 5.41) is 13.1. The van der Waals surface area contributed by atoms with Crippen LogP contribution in [0.1, 0.15) is 0 Å². The van der Waals surface area contributed by atoms with E-state index in [1.807, 2.05) is 48.5 Å². The van der Waals surface area contributed by atoms with Crippen molar-refractivity contribution in [3.05, 3.63) is 60.7 Å². The predicted octanol–water partition coefficient (Wildman–Crippen LogP) is 2.81. The second-order valence-electron chi connectivity index (χ2n) is 4.64. The van der Waals surface area contributed by atoms with Crippen LogP contribution in [0, 0.1) is 0 Å². The molecule has 1 atom stereocenters. The molecule has 0 bridgehead atoms. The summed E-state index contributed by atoms with van der Waals surface area (Å²) in [5.74, 6) is 1.77. The van der Waals surface area contributed by atoms with Gasteiger partial charge in [-0.25, -0.2) is 0 Å². The van der Waals surface area contributed by atoms with Gasteiger partial charge in [0.05, 0.1) is 0 Å². The maximum absolute atomic E-state index is 9.83. The van der Waals surface area contributed by atoms with Gasteiger partial charge in [-0.3, -0.25) is 0 Å². The minimum absolute atomic E-state index is 0.308. The van der Waals surface area contributed by atoms with Crippen LogP contribution in [-0.4, -0.2) is 36.7 Å². The quantitative estimate of drug-likeness (QED) is 0.552. The Morgan fingerprint density at radius 1 is 1.00 bits per heavy atom. The summed E-state index contributed by atoms with van der Waals surface area (Å²) in [6, 6.07) is 19.9. The van der Waals surface area contributed by atoms with Crippen LogP contribution in [0.4, 0.5) is 0 Å². The molecule has 0 aliphatic rings. The molecule has 0 aliphatic heterocycles. The molecule has 1 unspecified atom stereocenters. The third-order valence-corrected chi connectivity index (χ3v) is 3.87. The topological polar surface area (TPSA) is 41.5 Å². The van der Waals surface area contributed by atoms with Crippen molar-refractivity contribution in [2.45, 2.75) is 11.0 Å². The summed E-state index contributed by atoms with van der Waals surface area (Å²) in [7, 11) is 0. The lowest BCUT2D eigenvalue weighted by atomic mass is 10.3. The monoisotopic (exact) mass is 303 g/mol. The number of thioether (sulfide) groups is 1. The second kappa shape index (κ2) is 9.45. The fourth-order valence-electron chi connectivity index (χ4n) is 1.79. The molecule has 2 N–H and O–H groups in total. The van der Waals surface area contributed by atoms with Crippen molar-refractivity contribution in [3.8, 4) is 5.75 Å². The van der Waals surface area contributed by atoms with E-state index in [9.17, 15) is 5.11 Å². The van der Waals surface area contributed by atoms with Crippen LogP contribution in [-0.2, 0) is 0 Å². The molecule has 2 aromatic carbocycles. The number of aliphatic hydroxyl groups is 1. The number of ether oxygens (including phenoxy) is 1. The molecule has 21 heavy (non-hydrogen) atoms. The Bertz CT molecular complexity index is 493. The molecule has 0 saturated carbocycles. The summed E-state index contributed by atoms with van der Waals surface area (Å²) in [6.07, 6.45) is -0.494. The van der Waals surface area contributed by atoms with Gasteiger partial charge >= 0.3 is 0 Å². The van der Waals surface area contributed by atoms with Gasteiger partial charge in [0.15, 0.2) is 0 Å². The second-order valence-corrected chi connectivity index (χ2v) is 5.81. The van der Waals surface area contributed by atoms with E-state index in [0.717, 1.165) is 18.0 Å². The molecule has 0 radical (unpaired) electrons. The van der Waals surface area contributed by atoms with Gasteiger partial charge in [0.1, 0.15) is 18.5 Å². The first-order valence-corrected chi connectivity index (χ1v) is 8.07. The van der Waals surface area contributed by atoms with E-state index in [1.54, 1.807) is 11.8 Å². The van der Waals surface area contributed by atoms with E-state index < -0.39 is 6.10 Å². The zero-order valence-corrected chi connectivity index (χ0v) is 12.8. The van der Waals surface area contributed by atoms with Crippen LogP contribution >= 0.6 is 11.8 Å². The average molecular weight is 303 g/mol. The van der Waals surface area contributed by atoms with E-state index in [2.05, 4.69) is 17.4 Å². The third kappa shape index (κ3) is 6.67. The molecule has 0 aromatic heterocycles. The molecule has 0 amide bonds. The van der Waals surface area contributed by atoms with E-state index in [1.165, 1.54) is 4.90 Å².